The summed E-state index contributed by atoms with van der Waals surface area (Å²) >= 11 is 0. The van der Waals surface area contributed by atoms with Crippen LogP contribution in [0.15, 0.2) is 28.8 Å². The molecule has 25 heavy (non-hydrogen) atoms. The van der Waals surface area contributed by atoms with Crippen molar-refractivity contribution in [2.75, 3.05) is 7.11 Å². The topological polar surface area (TPSA) is 94.1 Å². The number of oxazole rings is 1. The SMILES string of the molecule is COC(=O)c1nc([C@@H](N)C(C)(C)C)oc1-c1c[nH]c2ccc(F)cc12. The molecular weight excluding hydrogens is 325 g/mol. The second-order valence-corrected chi connectivity index (χ2v) is 6.96. The van der Waals surface area contributed by atoms with Gasteiger partial charge >= 0.3 is 5.97 Å². The van der Waals surface area contributed by atoms with Crippen molar-refractivity contribution in [3.63, 3.8) is 0 Å². The van der Waals surface area contributed by atoms with E-state index in [9.17, 15) is 9.18 Å². The molecule has 0 aliphatic carbocycles. The molecule has 3 rings (SSSR count). The Morgan fingerprint density at radius 1 is 1.40 bits per heavy atom. The maximum atomic E-state index is 13.7. The Morgan fingerprint density at radius 3 is 2.76 bits per heavy atom. The van der Waals surface area contributed by atoms with Gasteiger partial charge in [-0.25, -0.2) is 14.2 Å². The van der Waals surface area contributed by atoms with E-state index < -0.39 is 12.0 Å². The minimum absolute atomic E-state index is 0.0161. The zero-order chi connectivity index (χ0) is 18.4. The summed E-state index contributed by atoms with van der Waals surface area (Å²) in [4.78, 5) is 19.4. The highest BCUT2D eigenvalue weighted by Gasteiger charge is 2.31. The molecule has 3 N–H and O–H groups in total. The normalized spacial score (nSPS) is 13.2. The molecule has 0 bridgehead atoms. The van der Waals surface area contributed by atoms with Crippen molar-refractivity contribution in [1.29, 1.82) is 0 Å². The minimum atomic E-state index is -0.642. The van der Waals surface area contributed by atoms with Gasteiger partial charge in [0.15, 0.2) is 11.5 Å². The number of carbonyl (C=O) groups excluding carboxylic acids is 1. The Kier molecular flexibility index (Phi) is 4.12. The minimum Gasteiger partial charge on any atom is -0.464 e. The van der Waals surface area contributed by atoms with Crippen molar-refractivity contribution in [2.45, 2.75) is 26.8 Å². The molecule has 0 aliphatic heterocycles. The largest absolute Gasteiger partial charge is 0.464 e. The third-order valence-corrected chi connectivity index (χ3v) is 4.11. The van der Waals surface area contributed by atoms with Crippen molar-refractivity contribution in [3.05, 3.63) is 41.8 Å². The number of benzene rings is 1. The van der Waals surface area contributed by atoms with E-state index in [0.29, 0.717) is 16.5 Å². The van der Waals surface area contributed by atoms with Gasteiger partial charge in [-0.3, -0.25) is 0 Å². The average molecular weight is 345 g/mol. The summed E-state index contributed by atoms with van der Waals surface area (Å²) in [6.07, 6.45) is 1.64. The van der Waals surface area contributed by atoms with Crippen molar-refractivity contribution < 1.29 is 18.3 Å². The Hall–Kier alpha value is -2.67. The van der Waals surface area contributed by atoms with Crippen LogP contribution in [0.25, 0.3) is 22.2 Å². The second kappa shape index (κ2) is 6.00. The number of ether oxygens (including phenoxy) is 1. The van der Waals surface area contributed by atoms with E-state index in [1.54, 1.807) is 12.3 Å². The van der Waals surface area contributed by atoms with Crippen LogP contribution in [0.1, 0.15) is 43.2 Å². The van der Waals surface area contributed by atoms with Crippen LogP contribution in [0.5, 0.6) is 0 Å². The first-order valence-corrected chi connectivity index (χ1v) is 7.84. The number of methoxy groups -OCH3 is 1. The third kappa shape index (κ3) is 3.02. The number of aromatic amines is 1. The van der Waals surface area contributed by atoms with Gasteiger partial charge in [-0.2, -0.15) is 0 Å². The van der Waals surface area contributed by atoms with Gasteiger partial charge in [0.05, 0.1) is 13.2 Å². The number of hydrogen-bond donors (Lipinski definition) is 2. The number of hydrogen-bond acceptors (Lipinski definition) is 5. The lowest BCUT2D eigenvalue weighted by molar-refractivity contribution is 0.0595. The van der Waals surface area contributed by atoms with Crippen molar-refractivity contribution in [2.24, 2.45) is 11.1 Å². The van der Waals surface area contributed by atoms with E-state index in [0.717, 1.165) is 0 Å². The summed E-state index contributed by atoms with van der Waals surface area (Å²) in [5.41, 5.74) is 7.14. The molecule has 0 saturated carbocycles. The summed E-state index contributed by atoms with van der Waals surface area (Å²) in [5, 5.41) is 0.581. The number of nitrogens with zero attached hydrogens (tertiary/aromatic N) is 1. The average Bonchev–Trinajstić information content (AvgIpc) is 3.15. The van der Waals surface area contributed by atoms with Crippen molar-refractivity contribution in [1.82, 2.24) is 9.97 Å². The van der Waals surface area contributed by atoms with Crippen LogP contribution >= 0.6 is 0 Å². The maximum Gasteiger partial charge on any atom is 0.360 e. The molecule has 0 spiro atoms. The molecule has 0 unspecified atom stereocenters. The molecule has 0 saturated heterocycles. The molecule has 6 nitrogen and oxygen atoms in total. The van der Waals surface area contributed by atoms with Crippen LogP contribution in [0, 0.1) is 11.2 Å². The maximum absolute atomic E-state index is 13.7. The Bertz CT molecular complexity index is 937. The van der Waals surface area contributed by atoms with Crippen LogP contribution in [-0.4, -0.2) is 23.0 Å². The standard InChI is InChI=1S/C18H20FN3O3/c1-18(2,3)15(20)16-22-13(17(23)24-4)14(25-16)11-8-21-12-6-5-9(19)7-10(11)12/h5-8,15,21H,20H2,1-4H3/t15-/m1/s1. The molecule has 0 amide bonds. The third-order valence-electron chi connectivity index (χ3n) is 4.11. The highest BCUT2D eigenvalue weighted by atomic mass is 19.1. The van der Waals surface area contributed by atoms with Gasteiger partial charge in [-0.15, -0.1) is 0 Å². The molecule has 3 aromatic rings. The number of rotatable bonds is 3. The molecule has 0 aliphatic rings. The van der Waals surface area contributed by atoms with Crippen molar-refractivity contribution >= 4 is 16.9 Å². The smallest absolute Gasteiger partial charge is 0.360 e. The van der Waals surface area contributed by atoms with Crippen LogP contribution in [0.2, 0.25) is 0 Å². The van der Waals surface area contributed by atoms with E-state index in [1.807, 2.05) is 20.8 Å². The highest BCUT2D eigenvalue weighted by molar-refractivity contribution is 6.01. The summed E-state index contributed by atoms with van der Waals surface area (Å²) < 4.78 is 24.3. The quantitative estimate of drug-likeness (QED) is 0.704. The van der Waals surface area contributed by atoms with Crippen LogP contribution in [0.4, 0.5) is 4.39 Å². The van der Waals surface area contributed by atoms with Gasteiger partial charge < -0.3 is 19.9 Å². The fourth-order valence-electron chi connectivity index (χ4n) is 2.54. The molecule has 0 fully saturated rings. The number of carbonyl (C=O) groups is 1. The highest BCUT2D eigenvalue weighted by Crippen LogP contribution is 2.37. The van der Waals surface area contributed by atoms with E-state index >= 15 is 0 Å². The van der Waals surface area contributed by atoms with Gasteiger partial charge in [0, 0.05) is 22.7 Å². The predicted molar refractivity (Wildman–Crippen MR) is 91.5 cm³/mol. The van der Waals surface area contributed by atoms with Gasteiger partial charge in [0.25, 0.3) is 0 Å². The van der Waals surface area contributed by atoms with Gasteiger partial charge in [-0.05, 0) is 23.6 Å². The lowest BCUT2D eigenvalue weighted by Gasteiger charge is -2.23. The molecular formula is C18H20FN3O3. The van der Waals surface area contributed by atoms with Crippen LogP contribution in [-0.2, 0) is 4.74 Å². The first kappa shape index (κ1) is 17.2. The number of aromatic nitrogens is 2. The number of esters is 1. The summed E-state index contributed by atoms with van der Waals surface area (Å²) in [6, 6.07) is 3.82. The Balaban J connectivity index is 2.21. The van der Waals surface area contributed by atoms with E-state index in [1.165, 1.54) is 19.2 Å². The van der Waals surface area contributed by atoms with Crippen LogP contribution < -0.4 is 5.73 Å². The first-order valence-electron chi connectivity index (χ1n) is 7.84. The first-order chi connectivity index (χ1) is 11.7. The molecule has 7 heteroatoms. The zero-order valence-corrected chi connectivity index (χ0v) is 14.5. The summed E-state index contributed by atoms with van der Waals surface area (Å²) in [7, 11) is 1.26. The number of nitrogens with two attached hydrogens (primary N) is 1. The number of H-pyrrole nitrogens is 1. The fourth-order valence-corrected chi connectivity index (χ4v) is 2.54. The summed E-state index contributed by atoms with van der Waals surface area (Å²) in [5.74, 6) is -0.594. The molecule has 1 atom stereocenters. The lowest BCUT2D eigenvalue weighted by Crippen LogP contribution is -2.26. The lowest BCUT2D eigenvalue weighted by atomic mass is 9.87. The number of halogens is 1. The molecule has 0 radical (unpaired) electrons. The van der Waals surface area contributed by atoms with Crippen molar-refractivity contribution in [3.8, 4) is 11.3 Å². The van der Waals surface area contributed by atoms with E-state index in [2.05, 4.69) is 9.97 Å². The zero-order valence-electron chi connectivity index (χ0n) is 14.5. The second-order valence-electron chi connectivity index (χ2n) is 6.96. The number of nitrogens with one attached hydrogen (secondary N) is 1. The monoisotopic (exact) mass is 345 g/mol. The molecule has 2 aromatic heterocycles. The van der Waals surface area contributed by atoms with Gasteiger partial charge in [0.2, 0.25) is 5.89 Å². The molecule has 1 aromatic carbocycles. The number of fused-ring (bicyclic) bond motifs is 1. The Labute approximate surface area is 144 Å². The van der Waals surface area contributed by atoms with Gasteiger partial charge in [-0.1, -0.05) is 20.8 Å². The molecule has 2 heterocycles. The summed E-state index contributed by atoms with van der Waals surface area (Å²) in [6.45, 7) is 5.83. The molecule has 132 valence electrons. The predicted octanol–water partition coefficient (Wildman–Crippen LogP) is 3.79. The van der Waals surface area contributed by atoms with Crippen LogP contribution in [0.3, 0.4) is 0 Å². The fraction of sp³-hybridized carbons (Fsp3) is 0.333. The Morgan fingerprint density at radius 2 is 2.12 bits per heavy atom. The van der Waals surface area contributed by atoms with E-state index in [-0.39, 0.29) is 28.6 Å². The van der Waals surface area contributed by atoms with E-state index in [4.69, 9.17) is 14.9 Å². The van der Waals surface area contributed by atoms with Gasteiger partial charge in [0.1, 0.15) is 5.82 Å².